The van der Waals surface area contributed by atoms with Gasteiger partial charge < -0.3 is 12.3 Å². The van der Waals surface area contributed by atoms with Crippen molar-refractivity contribution in [1.29, 1.82) is 0 Å². The first-order valence-corrected chi connectivity index (χ1v) is 17.7. The first kappa shape index (κ1) is 18.0. The Morgan fingerprint density at radius 3 is 1.80 bits per heavy atom. The maximum Gasteiger partial charge on any atom is 0.336 e. The van der Waals surface area contributed by atoms with Gasteiger partial charge in [-0.1, -0.05) is 30.3 Å². The maximum atomic E-state index is 6.41. The van der Waals surface area contributed by atoms with Gasteiger partial charge in [-0.3, -0.25) is 0 Å². The van der Waals surface area contributed by atoms with Crippen molar-refractivity contribution >= 4 is 40.4 Å². The van der Waals surface area contributed by atoms with Crippen LogP contribution in [0.5, 0.6) is 0 Å². The highest BCUT2D eigenvalue weighted by molar-refractivity contribution is 6.85. The molecule has 0 aliphatic heterocycles. The Balaban J connectivity index is 2.89. The average molecular weight is 345 g/mol. The molecular weight excluding hydrogens is 316 g/mol. The van der Waals surface area contributed by atoms with Gasteiger partial charge in [0, 0.05) is 0 Å². The molecule has 0 amide bonds. The minimum absolute atomic E-state index is 1.09. The van der Waals surface area contributed by atoms with Crippen molar-refractivity contribution < 1.29 is 12.3 Å². The lowest BCUT2D eigenvalue weighted by atomic mass is 10.4. The molecule has 7 heteroatoms. The lowest BCUT2D eigenvalue weighted by Gasteiger charge is -2.33. The summed E-state index contributed by atoms with van der Waals surface area (Å²) in [5.74, 6) is 0. The summed E-state index contributed by atoms with van der Waals surface area (Å²) in [6.45, 7) is 15.3. The van der Waals surface area contributed by atoms with Crippen LogP contribution in [0.1, 0.15) is 0 Å². The van der Waals surface area contributed by atoms with E-state index in [2.05, 4.69) is 70.1 Å². The summed E-state index contributed by atoms with van der Waals surface area (Å²) < 4.78 is 18.9. The zero-order valence-corrected chi connectivity index (χ0v) is 18.1. The highest BCUT2D eigenvalue weighted by atomic mass is 28.5. The molecule has 0 bridgehead atoms. The average Bonchev–Trinajstić information content (AvgIpc) is 2.25. The highest BCUT2D eigenvalue weighted by Crippen LogP contribution is 2.14. The SMILES string of the molecule is C[SiH](C)O[Si](C)(C)O[SiH](O[Si](C)(C)C)c1ccccc1. The van der Waals surface area contributed by atoms with Gasteiger partial charge >= 0.3 is 17.8 Å². The van der Waals surface area contributed by atoms with Crippen LogP contribution in [-0.4, -0.2) is 35.2 Å². The zero-order valence-electron chi connectivity index (χ0n) is 13.8. The molecule has 0 fully saturated rings. The van der Waals surface area contributed by atoms with Gasteiger partial charge in [-0.05, 0) is 51.0 Å². The molecule has 1 atom stereocenters. The van der Waals surface area contributed by atoms with Gasteiger partial charge in [-0.15, -0.1) is 0 Å². The van der Waals surface area contributed by atoms with Crippen LogP contribution in [0.3, 0.4) is 0 Å². The van der Waals surface area contributed by atoms with E-state index in [4.69, 9.17) is 12.3 Å². The third kappa shape index (κ3) is 7.11. The quantitative estimate of drug-likeness (QED) is 0.712. The monoisotopic (exact) mass is 344 g/mol. The van der Waals surface area contributed by atoms with Crippen LogP contribution in [0.25, 0.3) is 0 Å². The number of benzene rings is 1. The van der Waals surface area contributed by atoms with Crippen molar-refractivity contribution in [3.63, 3.8) is 0 Å². The Hall–Kier alpha value is -0.0325. The van der Waals surface area contributed by atoms with Crippen LogP contribution in [0, 0.1) is 0 Å². The van der Waals surface area contributed by atoms with Crippen molar-refractivity contribution in [3.8, 4) is 0 Å². The summed E-state index contributed by atoms with van der Waals surface area (Å²) >= 11 is 0. The second kappa shape index (κ2) is 7.30. The molecule has 1 rings (SSSR count). The zero-order chi connectivity index (χ0) is 15.4. The highest BCUT2D eigenvalue weighted by Gasteiger charge is 2.34. The molecule has 0 N–H and O–H groups in total. The second-order valence-corrected chi connectivity index (χ2v) is 19.9. The van der Waals surface area contributed by atoms with Gasteiger partial charge in [-0.25, -0.2) is 0 Å². The van der Waals surface area contributed by atoms with Crippen molar-refractivity contribution in [2.24, 2.45) is 0 Å². The van der Waals surface area contributed by atoms with E-state index in [-0.39, 0.29) is 0 Å². The van der Waals surface area contributed by atoms with Crippen molar-refractivity contribution in [3.05, 3.63) is 30.3 Å². The molecular formula is C13H28O3Si4. The molecule has 114 valence electrons. The van der Waals surface area contributed by atoms with E-state index >= 15 is 0 Å². The standard InChI is InChI=1S/C13H28O3Si4/c1-17(2)14-20(6,7)16-18(15-19(3,4)5)13-11-9-8-10-12-13/h8-12,17-18H,1-7H3. The fourth-order valence-corrected chi connectivity index (χ4v) is 14.1. The van der Waals surface area contributed by atoms with Crippen molar-refractivity contribution in [2.45, 2.75) is 45.8 Å². The largest absolute Gasteiger partial charge is 0.440 e. The molecule has 0 saturated heterocycles. The van der Waals surface area contributed by atoms with E-state index in [0.29, 0.717) is 0 Å². The van der Waals surface area contributed by atoms with E-state index in [0.717, 1.165) is 0 Å². The topological polar surface area (TPSA) is 27.7 Å². The molecule has 0 aromatic heterocycles. The van der Waals surface area contributed by atoms with E-state index < -0.39 is 35.2 Å². The fourth-order valence-electron chi connectivity index (χ4n) is 1.94. The molecule has 1 unspecified atom stereocenters. The van der Waals surface area contributed by atoms with Gasteiger partial charge in [0.05, 0.1) is 0 Å². The maximum absolute atomic E-state index is 6.41. The lowest BCUT2D eigenvalue weighted by Crippen LogP contribution is -2.53. The number of hydrogen-bond acceptors (Lipinski definition) is 3. The number of hydrogen-bond donors (Lipinski definition) is 0. The van der Waals surface area contributed by atoms with Crippen LogP contribution in [-0.2, 0) is 12.3 Å². The van der Waals surface area contributed by atoms with E-state index in [1.165, 1.54) is 5.19 Å². The molecule has 1 aromatic carbocycles. The molecule has 0 aliphatic rings. The smallest absolute Gasteiger partial charge is 0.336 e. The summed E-state index contributed by atoms with van der Waals surface area (Å²) in [6, 6.07) is 10.4. The minimum atomic E-state index is -2.09. The van der Waals surface area contributed by atoms with Gasteiger partial charge in [0.2, 0.25) is 0 Å². The normalized spacial score (nSPS) is 14.6. The predicted molar refractivity (Wildman–Crippen MR) is 96.2 cm³/mol. The second-order valence-electron chi connectivity index (χ2n) is 6.66. The van der Waals surface area contributed by atoms with Gasteiger partial charge in [0.25, 0.3) is 0 Å². The first-order valence-electron chi connectivity index (χ1n) is 7.17. The van der Waals surface area contributed by atoms with E-state index in [1.807, 2.05) is 6.07 Å². The van der Waals surface area contributed by atoms with Crippen molar-refractivity contribution in [1.82, 2.24) is 0 Å². The lowest BCUT2D eigenvalue weighted by molar-refractivity contribution is 0.363. The van der Waals surface area contributed by atoms with Crippen LogP contribution in [0.4, 0.5) is 0 Å². The fraction of sp³-hybridized carbons (Fsp3) is 0.538. The Morgan fingerprint density at radius 1 is 0.800 bits per heavy atom. The van der Waals surface area contributed by atoms with E-state index in [9.17, 15) is 0 Å². The van der Waals surface area contributed by atoms with Crippen LogP contribution < -0.4 is 5.19 Å². The number of rotatable bonds is 7. The molecule has 0 radical (unpaired) electrons. The van der Waals surface area contributed by atoms with Gasteiger partial charge in [0.15, 0.2) is 17.4 Å². The van der Waals surface area contributed by atoms with Gasteiger partial charge in [0.1, 0.15) is 0 Å². The molecule has 3 nitrogen and oxygen atoms in total. The summed E-state index contributed by atoms with van der Waals surface area (Å²) in [6.07, 6.45) is 0. The summed E-state index contributed by atoms with van der Waals surface area (Å²) in [5.41, 5.74) is 0. The Bertz CT molecular complexity index is 404. The summed E-state index contributed by atoms with van der Waals surface area (Å²) in [5, 5.41) is 1.21. The van der Waals surface area contributed by atoms with Crippen LogP contribution in [0.15, 0.2) is 30.3 Å². The summed E-state index contributed by atoms with van der Waals surface area (Å²) in [7, 11) is -6.69. The van der Waals surface area contributed by atoms with Crippen LogP contribution >= 0.6 is 0 Å². The Labute approximate surface area is 129 Å². The molecule has 0 spiro atoms. The minimum Gasteiger partial charge on any atom is -0.440 e. The Morgan fingerprint density at radius 2 is 1.35 bits per heavy atom. The predicted octanol–water partition coefficient (Wildman–Crippen LogP) is 2.68. The molecule has 0 heterocycles. The molecule has 20 heavy (non-hydrogen) atoms. The van der Waals surface area contributed by atoms with E-state index in [1.54, 1.807) is 0 Å². The summed E-state index contributed by atoms with van der Waals surface area (Å²) in [4.78, 5) is 0. The molecule has 0 aliphatic carbocycles. The molecule has 1 aromatic rings. The van der Waals surface area contributed by atoms with Gasteiger partial charge in [-0.2, -0.15) is 0 Å². The molecule has 0 saturated carbocycles. The van der Waals surface area contributed by atoms with Crippen LogP contribution in [0.2, 0.25) is 45.8 Å². The first-order chi connectivity index (χ1) is 9.09. The third-order valence-electron chi connectivity index (χ3n) is 2.44. The Kier molecular flexibility index (Phi) is 6.57. The third-order valence-corrected chi connectivity index (χ3v) is 14.3. The van der Waals surface area contributed by atoms with Crippen molar-refractivity contribution in [2.75, 3.05) is 0 Å².